The van der Waals surface area contributed by atoms with Gasteiger partial charge in [-0.1, -0.05) is 0 Å². The van der Waals surface area contributed by atoms with Crippen LogP contribution in [0, 0.1) is 0 Å². The van der Waals surface area contributed by atoms with Crippen LogP contribution in [0.15, 0.2) is 17.8 Å². The number of thiazole rings is 1. The molecule has 1 aliphatic rings. The van der Waals surface area contributed by atoms with Gasteiger partial charge in [-0.15, -0.1) is 11.3 Å². The molecule has 0 saturated carbocycles. The molecule has 19 heavy (non-hydrogen) atoms. The van der Waals surface area contributed by atoms with Crippen molar-refractivity contribution < 1.29 is 9.84 Å². The van der Waals surface area contributed by atoms with Crippen LogP contribution in [0.2, 0.25) is 0 Å². The molecular weight excluding hydrogens is 260 g/mol. The second-order valence-corrected chi connectivity index (χ2v) is 7.46. The van der Waals surface area contributed by atoms with Crippen molar-refractivity contribution in [1.29, 1.82) is 0 Å². The van der Waals surface area contributed by atoms with Crippen LogP contribution in [0.3, 0.4) is 0 Å². The zero-order valence-electron chi connectivity index (χ0n) is 11.8. The molecule has 2 aromatic heterocycles. The first kappa shape index (κ1) is 13.1. The highest BCUT2D eigenvalue weighted by atomic mass is 32.1. The summed E-state index contributed by atoms with van der Waals surface area (Å²) in [4.78, 5) is 5.53. The molecule has 1 N–H and O–H groups in total. The molecule has 1 unspecified atom stereocenters. The highest BCUT2D eigenvalue weighted by Gasteiger charge is 2.56. The van der Waals surface area contributed by atoms with Gasteiger partial charge in [0, 0.05) is 30.6 Å². The van der Waals surface area contributed by atoms with Crippen molar-refractivity contribution in [1.82, 2.24) is 9.38 Å². The molecule has 1 saturated heterocycles. The number of rotatable bonds is 2. The lowest BCUT2D eigenvalue weighted by molar-refractivity contribution is -0.126. The molecule has 0 aliphatic carbocycles. The average Bonchev–Trinajstić information content (AvgIpc) is 2.76. The molecule has 0 spiro atoms. The van der Waals surface area contributed by atoms with Gasteiger partial charge >= 0.3 is 0 Å². The lowest BCUT2D eigenvalue weighted by Gasteiger charge is -2.34. The summed E-state index contributed by atoms with van der Waals surface area (Å²) < 4.78 is 7.99. The van der Waals surface area contributed by atoms with E-state index in [4.69, 9.17) is 4.74 Å². The monoisotopic (exact) mass is 280 g/mol. The Bertz CT molecular complexity index is 585. The van der Waals surface area contributed by atoms with Gasteiger partial charge in [-0.25, -0.2) is 4.98 Å². The quantitative estimate of drug-likeness (QED) is 0.920. The summed E-state index contributed by atoms with van der Waals surface area (Å²) in [5.74, 6) is 0. The molecule has 3 heterocycles. The molecule has 3 rings (SSSR count). The highest BCUT2D eigenvalue weighted by molar-refractivity contribution is 7.15. The number of fused-ring (bicyclic) bond motifs is 1. The summed E-state index contributed by atoms with van der Waals surface area (Å²) in [6, 6.07) is 0. The maximum Gasteiger partial charge on any atom is 0.193 e. The maximum absolute atomic E-state index is 11.0. The lowest BCUT2D eigenvalue weighted by atomic mass is 9.79. The number of hydrogen-bond acceptors (Lipinski definition) is 4. The van der Waals surface area contributed by atoms with Gasteiger partial charge in [0.05, 0.1) is 16.9 Å². The van der Waals surface area contributed by atoms with Crippen LogP contribution in [0.25, 0.3) is 4.96 Å². The normalized spacial score (nSPS) is 29.1. The third-order valence-electron chi connectivity index (χ3n) is 3.99. The van der Waals surface area contributed by atoms with Gasteiger partial charge in [0.25, 0.3) is 0 Å². The maximum atomic E-state index is 11.0. The van der Waals surface area contributed by atoms with Crippen molar-refractivity contribution in [2.45, 2.75) is 57.3 Å². The SMILES string of the molecule is CC1(C)CC(O)(Cc2cn3ccsc3n2)C(C)(C)O1. The molecule has 0 radical (unpaired) electrons. The van der Waals surface area contributed by atoms with E-state index in [-0.39, 0.29) is 5.60 Å². The van der Waals surface area contributed by atoms with Crippen LogP contribution >= 0.6 is 11.3 Å². The fraction of sp³-hybridized carbons (Fsp3) is 0.643. The van der Waals surface area contributed by atoms with Crippen molar-refractivity contribution in [3.8, 4) is 0 Å². The van der Waals surface area contributed by atoms with Crippen LogP contribution in [-0.4, -0.2) is 31.3 Å². The minimum atomic E-state index is -0.874. The first-order valence-electron chi connectivity index (χ1n) is 6.55. The van der Waals surface area contributed by atoms with Gasteiger partial charge in [-0.3, -0.25) is 4.40 Å². The first-order valence-corrected chi connectivity index (χ1v) is 7.42. The Morgan fingerprint density at radius 1 is 1.42 bits per heavy atom. The predicted molar refractivity (Wildman–Crippen MR) is 75.6 cm³/mol. The second kappa shape index (κ2) is 3.81. The van der Waals surface area contributed by atoms with E-state index in [1.54, 1.807) is 11.3 Å². The Kier molecular flexibility index (Phi) is 2.62. The summed E-state index contributed by atoms with van der Waals surface area (Å²) >= 11 is 1.60. The zero-order chi connectivity index (χ0) is 13.9. The van der Waals surface area contributed by atoms with E-state index in [2.05, 4.69) is 4.98 Å². The third-order valence-corrected chi connectivity index (χ3v) is 4.76. The first-order chi connectivity index (χ1) is 8.71. The lowest BCUT2D eigenvalue weighted by Crippen LogP contribution is -2.48. The molecule has 4 nitrogen and oxygen atoms in total. The van der Waals surface area contributed by atoms with Crippen molar-refractivity contribution in [3.63, 3.8) is 0 Å². The summed E-state index contributed by atoms with van der Waals surface area (Å²) in [5.41, 5.74) is -0.813. The van der Waals surface area contributed by atoms with Crippen LogP contribution in [0.4, 0.5) is 0 Å². The Labute approximate surface area is 117 Å². The molecule has 2 aromatic rings. The molecule has 1 aliphatic heterocycles. The van der Waals surface area contributed by atoms with Crippen LogP contribution in [-0.2, 0) is 11.2 Å². The Morgan fingerprint density at radius 3 is 2.74 bits per heavy atom. The van der Waals surface area contributed by atoms with Crippen LogP contribution < -0.4 is 0 Å². The summed E-state index contributed by atoms with van der Waals surface area (Å²) in [5, 5.41) is 13.0. The molecule has 0 aromatic carbocycles. The Hall–Kier alpha value is -0.910. The molecule has 0 bridgehead atoms. The van der Waals surface area contributed by atoms with Crippen molar-refractivity contribution in [2.24, 2.45) is 0 Å². The van der Waals surface area contributed by atoms with Crippen LogP contribution in [0.1, 0.15) is 39.8 Å². The van der Waals surface area contributed by atoms with Crippen molar-refractivity contribution in [2.75, 3.05) is 0 Å². The largest absolute Gasteiger partial charge is 0.386 e. The van der Waals surface area contributed by atoms with E-state index in [9.17, 15) is 5.11 Å². The van der Waals surface area contributed by atoms with E-state index >= 15 is 0 Å². The standard InChI is InChI=1S/C14H20N2O2S/c1-12(2)9-14(17,13(3,4)18-12)7-10-8-16-5-6-19-11(16)15-10/h5-6,8,17H,7,9H2,1-4H3. The number of imidazole rings is 1. The Morgan fingerprint density at radius 2 is 2.16 bits per heavy atom. The van der Waals surface area contributed by atoms with Crippen molar-refractivity contribution >= 4 is 16.3 Å². The highest BCUT2D eigenvalue weighted by Crippen LogP contribution is 2.46. The molecule has 0 amide bonds. The summed E-state index contributed by atoms with van der Waals surface area (Å²) in [7, 11) is 0. The third kappa shape index (κ3) is 2.10. The fourth-order valence-electron chi connectivity index (χ4n) is 3.18. The van der Waals surface area contributed by atoms with Gasteiger partial charge in [0.2, 0.25) is 0 Å². The van der Waals surface area contributed by atoms with E-state index in [0.717, 1.165) is 10.7 Å². The van der Waals surface area contributed by atoms with E-state index < -0.39 is 11.2 Å². The van der Waals surface area contributed by atoms with E-state index in [1.807, 2.05) is 49.9 Å². The predicted octanol–water partition coefficient (Wildman–Crippen LogP) is 2.65. The van der Waals surface area contributed by atoms with Crippen molar-refractivity contribution in [3.05, 3.63) is 23.5 Å². The number of ether oxygens (including phenoxy) is 1. The molecule has 5 heteroatoms. The minimum Gasteiger partial charge on any atom is -0.386 e. The Balaban J connectivity index is 1.91. The van der Waals surface area contributed by atoms with Gasteiger partial charge in [0.15, 0.2) is 4.96 Å². The molecule has 1 atom stereocenters. The van der Waals surface area contributed by atoms with E-state index in [0.29, 0.717) is 12.8 Å². The second-order valence-electron chi connectivity index (χ2n) is 6.58. The topological polar surface area (TPSA) is 46.8 Å². The summed E-state index contributed by atoms with van der Waals surface area (Å²) in [6.45, 7) is 7.97. The van der Waals surface area contributed by atoms with Gasteiger partial charge in [-0.2, -0.15) is 0 Å². The zero-order valence-corrected chi connectivity index (χ0v) is 12.6. The molecule has 1 fully saturated rings. The van der Waals surface area contributed by atoms with Gasteiger partial charge in [-0.05, 0) is 27.7 Å². The fourth-order valence-corrected chi connectivity index (χ4v) is 3.89. The molecule has 104 valence electrons. The number of nitrogens with zero attached hydrogens (tertiary/aromatic N) is 2. The molecular formula is C14H20N2O2S. The van der Waals surface area contributed by atoms with Gasteiger partial charge < -0.3 is 9.84 Å². The smallest absolute Gasteiger partial charge is 0.193 e. The number of aliphatic hydroxyl groups is 1. The minimum absolute atomic E-state index is 0.296. The average molecular weight is 280 g/mol. The van der Waals surface area contributed by atoms with Gasteiger partial charge in [0.1, 0.15) is 5.60 Å². The summed E-state index contributed by atoms with van der Waals surface area (Å²) in [6.07, 6.45) is 5.13. The number of aromatic nitrogens is 2. The van der Waals surface area contributed by atoms with Crippen LogP contribution in [0.5, 0.6) is 0 Å². The van der Waals surface area contributed by atoms with E-state index in [1.165, 1.54) is 0 Å². The number of hydrogen-bond donors (Lipinski definition) is 1.